The van der Waals surface area contributed by atoms with Gasteiger partial charge in [-0.1, -0.05) is 0 Å². The van der Waals surface area contributed by atoms with E-state index in [9.17, 15) is 28.7 Å². The van der Waals surface area contributed by atoms with Crippen LogP contribution < -0.4 is 71.0 Å². The molecular weight excluding hydrogens is 337 g/mol. The summed E-state index contributed by atoms with van der Waals surface area (Å²) in [5.41, 5.74) is 0. The molecule has 0 atom stereocenters. The summed E-state index contributed by atoms with van der Waals surface area (Å²) in [6.07, 6.45) is 0. The van der Waals surface area contributed by atoms with Crippen molar-refractivity contribution in [3.63, 3.8) is 0 Å². The van der Waals surface area contributed by atoms with Gasteiger partial charge in [-0.25, -0.2) is 0 Å². The Hall–Kier alpha value is 3.01. The maximum atomic E-state index is 9.32. The van der Waals surface area contributed by atoms with E-state index in [0.717, 1.165) is 0 Å². The maximum absolute atomic E-state index is 9.32. The molecule has 0 unspecified atom stereocenters. The van der Waals surface area contributed by atoms with Gasteiger partial charge < -0.3 is 33.0 Å². The van der Waals surface area contributed by atoms with Crippen LogP contribution in [-0.4, -0.2) is 0 Å². The first-order valence-corrected chi connectivity index (χ1v) is 4.38. The first-order chi connectivity index (χ1) is 3.71. The summed E-state index contributed by atoms with van der Waals surface area (Å²) in [6, 6.07) is 0. The molecule has 0 amide bonds. The molecule has 64 valence electrons. The van der Waals surface area contributed by atoms with Crippen LogP contribution in [-0.2, 0) is 49.4 Å². The zero-order valence-electron chi connectivity index (χ0n) is 5.78. The predicted octanol–water partition coefficient (Wildman–Crippen LogP) is -6.34. The third-order valence-corrected chi connectivity index (χ3v) is 1.80. The van der Waals surface area contributed by atoms with Crippen molar-refractivity contribution in [2.45, 2.75) is 0 Å². The van der Waals surface area contributed by atoms with Crippen LogP contribution in [0.1, 0.15) is 0 Å². The predicted molar refractivity (Wildman–Crippen MR) is 16.3 cm³/mol. The molecule has 0 heterocycles. The molecule has 0 aromatic heterocycles. The van der Waals surface area contributed by atoms with Crippen LogP contribution in [0.15, 0.2) is 0 Å². The molecule has 12 heavy (non-hydrogen) atoms. The quantitative estimate of drug-likeness (QED) is 0.361. The van der Waals surface area contributed by atoms with Gasteiger partial charge in [0.2, 0.25) is 0 Å². The molecule has 0 aliphatic carbocycles. The van der Waals surface area contributed by atoms with E-state index in [0.29, 0.717) is 0 Å². The molecule has 0 N–H and O–H groups in total. The molecule has 0 spiro atoms. The molecule has 0 aliphatic heterocycles. The molecular formula is KNiO7P2Zn+. The maximum Gasteiger partial charge on any atom is 2.00 e. The van der Waals surface area contributed by atoms with E-state index in [1.54, 1.807) is 0 Å². The van der Waals surface area contributed by atoms with Gasteiger partial charge in [0, 0.05) is 0 Å². The van der Waals surface area contributed by atoms with E-state index in [1.165, 1.54) is 0 Å². The SMILES string of the molecule is O=P([O-])([O-])OP(=O)([O-])[O-].[K+].[Ni+2].[Zn+2]. The second-order valence-corrected chi connectivity index (χ2v) is 3.42. The van der Waals surface area contributed by atoms with Crippen molar-refractivity contribution in [3.8, 4) is 0 Å². The number of hydrogen-bond donors (Lipinski definition) is 0. The van der Waals surface area contributed by atoms with Crippen LogP contribution in [0.4, 0.5) is 0 Å². The second kappa shape index (κ2) is 9.25. The van der Waals surface area contributed by atoms with Gasteiger partial charge in [0.25, 0.3) is 0 Å². The Morgan fingerprint density at radius 2 is 1.08 bits per heavy atom. The molecule has 0 fully saturated rings. The normalized spacial score (nSPS) is 10.3. The molecule has 0 rings (SSSR count). The second-order valence-electron chi connectivity index (χ2n) is 0.976. The topological polar surface area (TPSA) is 136 Å². The van der Waals surface area contributed by atoms with E-state index in [2.05, 4.69) is 4.31 Å². The summed E-state index contributed by atoms with van der Waals surface area (Å²) < 4.78 is 21.2. The van der Waals surface area contributed by atoms with Crippen LogP contribution in [0.2, 0.25) is 0 Å². The first-order valence-electron chi connectivity index (χ1n) is 1.46. The van der Waals surface area contributed by atoms with Gasteiger partial charge in [-0.15, -0.1) is 0 Å². The van der Waals surface area contributed by atoms with Gasteiger partial charge >= 0.3 is 87.4 Å². The van der Waals surface area contributed by atoms with Crippen molar-refractivity contribution in [2.24, 2.45) is 0 Å². The van der Waals surface area contributed by atoms with E-state index in [1.807, 2.05) is 0 Å². The Morgan fingerprint density at radius 3 is 1.08 bits per heavy atom. The minimum Gasteiger partial charge on any atom is -0.790 e. The summed E-state index contributed by atoms with van der Waals surface area (Å²) in [5.74, 6) is 0. The van der Waals surface area contributed by atoms with E-state index in [4.69, 9.17) is 0 Å². The Balaban J connectivity index is -0.000000107. The summed E-state index contributed by atoms with van der Waals surface area (Å²) in [7, 11) is -11.4. The summed E-state index contributed by atoms with van der Waals surface area (Å²) in [6.45, 7) is 0. The Bertz CT molecular complexity index is 162. The van der Waals surface area contributed by atoms with E-state index < -0.39 is 15.6 Å². The Kier molecular flexibility index (Phi) is 18.7. The molecule has 0 saturated heterocycles. The third kappa shape index (κ3) is 23.1. The zero-order chi connectivity index (χ0) is 7.71. The molecule has 0 saturated carbocycles. The van der Waals surface area contributed by atoms with Crippen LogP contribution in [0.3, 0.4) is 0 Å². The zero-order valence-corrected chi connectivity index (χ0v) is 14.6. The average molecular weight is 337 g/mol. The standard InChI is InChI=1S/K.Ni.H4O7P2.Zn/c;;1-8(2,3)7-9(4,5)6;/h;;(H2,1,2,3)(H2,4,5,6);/q+1;+2;;+2/p-4. The van der Waals surface area contributed by atoms with Crippen molar-refractivity contribution >= 4 is 15.6 Å². The van der Waals surface area contributed by atoms with Gasteiger partial charge in [0.1, 0.15) is 0 Å². The molecule has 0 bridgehead atoms. The van der Waals surface area contributed by atoms with Crippen LogP contribution in [0, 0.1) is 0 Å². The van der Waals surface area contributed by atoms with Gasteiger partial charge in [-0.3, -0.25) is 0 Å². The third-order valence-electron chi connectivity index (χ3n) is 0.200. The van der Waals surface area contributed by atoms with Crippen molar-refractivity contribution in [1.82, 2.24) is 0 Å². The fourth-order valence-electron chi connectivity index (χ4n) is 0.122. The van der Waals surface area contributed by atoms with E-state index >= 15 is 0 Å². The summed E-state index contributed by atoms with van der Waals surface area (Å²) >= 11 is 0. The molecule has 0 aliphatic rings. The van der Waals surface area contributed by atoms with Crippen molar-refractivity contribution in [3.05, 3.63) is 0 Å². The monoisotopic (exact) mass is 335 g/mol. The Labute approximate surface area is 134 Å². The fraction of sp³-hybridized carbons (Fsp3) is 0. The van der Waals surface area contributed by atoms with Crippen LogP contribution >= 0.6 is 15.6 Å². The molecule has 12 heteroatoms. The van der Waals surface area contributed by atoms with Gasteiger partial charge in [-0.05, 0) is 0 Å². The number of phosphoric acid groups is 2. The van der Waals surface area contributed by atoms with Crippen molar-refractivity contribution in [2.75, 3.05) is 0 Å². The minimum absolute atomic E-state index is 0. The summed E-state index contributed by atoms with van der Waals surface area (Å²) in [4.78, 5) is 37.3. The number of hydrogen-bond acceptors (Lipinski definition) is 7. The molecule has 7 nitrogen and oxygen atoms in total. The average Bonchev–Trinajstić information content (AvgIpc) is 1.14. The van der Waals surface area contributed by atoms with Gasteiger partial charge in [0.05, 0.1) is 15.6 Å². The Morgan fingerprint density at radius 1 is 0.917 bits per heavy atom. The van der Waals surface area contributed by atoms with Crippen LogP contribution in [0.5, 0.6) is 0 Å². The molecule has 0 radical (unpaired) electrons. The largest absolute Gasteiger partial charge is 2.00 e. The van der Waals surface area contributed by atoms with Crippen LogP contribution in [0.25, 0.3) is 0 Å². The van der Waals surface area contributed by atoms with E-state index in [-0.39, 0.29) is 87.4 Å². The van der Waals surface area contributed by atoms with Crippen molar-refractivity contribution < 1.29 is 120 Å². The van der Waals surface area contributed by atoms with Crippen molar-refractivity contribution in [1.29, 1.82) is 0 Å². The first kappa shape index (κ1) is 24.3. The van der Waals surface area contributed by atoms with Gasteiger partial charge in [-0.2, -0.15) is 0 Å². The molecule has 0 aromatic carbocycles. The summed E-state index contributed by atoms with van der Waals surface area (Å²) in [5, 5.41) is 0. The smallest absolute Gasteiger partial charge is 0.790 e. The minimum atomic E-state index is -5.68. The molecule has 0 aromatic rings. The van der Waals surface area contributed by atoms with Gasteiger partial charge in [0.15, 0.2) is 0 Å². The number of rotatable bonds is 2. The fourth-order valence-corrected chi connectivity index (χ4v) is 1.10.